The van der Waals surface area contributed by atoms with E-state index in [9.17, 15) is 13.2 Å². The molecule has 0 radical (unpaired) electrons. The SMILES string of the molecule is Cc1cc(S(=O)(=O)Nc2nc(N)nc(N(C)C)n2)c(SCC(=O)O)cc1Cl. The van der Waals surface area contributed by atoms with E-state index in [1.807, 2.05) is 0 Å². The molecule has 0 unspecified atom stereocenters. The number of carboxylic acids is 1. The first-order chi connectivity index (χ1) is 12.5. The number of thioether (sulfide) groups is 1. The van der Waals surface area contributed by atoms with Crippen LogP contribution < -0.4 is 15.4 Å². The van der Waals surface area contributed by atoms with Crippen molar-refractivity contribution in [2.75, 3.05) is 35.2 Å². The molecule has 0 fully saturated rings. The van der Waals surface area contributed by atoms with Gasteiger partial charge in [0.15, 0.2) is 0 Å². The molecule has 1 heterocycles. The molecule has 0 aliphatic carbocycles. The molecule has 0 saturated heterocycles. The van der Waals surface area contributed by atoms with E-state index in [0.717, 1.165) is 11.8 Å². The highest BCUT2D eigenvalue weighted by atomic mass is 35.5. The van der Waals surface area contributed by atoms with Crippen molar-refractivity contribution in [1.82, 2.24) is 15.0 Å². The Balaban J connectivity index is 2.47. The Morgan fingerprint density at radius 3 is 2.59 bits per heavy atom. The Hall–Kier alpha value is -2.31. The van der Waals surface area contributed by atoms with Crippen LogP contribution in [0.15, 0.2) is 21.9 Å². The van der Waals surface area contributed by atoms with Gasteiger partial charge >= 0.3 is 5.97 Å². The van der Waals surface area contributed by atoms with Crippen molar-refractivity contribution in [2.45, 2.75) is 16.7 Å². The quantitative estimate of drug-likeness (QED) is 0.548. The summed E-state index contributed by atoms with van der Waals surface area (Å²) in [4.78, 5) is 24.1. The number of nitrogen functional groups attached to an aromatic ring is 1. The fraction of sp³-hybridized carbons (Fsp3) is 0.286. The van der Waals surface area contributed by atoms with Gasteiger partial charge in [-0.3, -0.25) is 4.79 Å². The molecule has 0 amide bonds. The van der Waals surface area contributed by atoms with E-state index < -0.39 is 16.0 Å². The number of aliphatic carboxylic acids is 1. The molecule has 0 aliphatic rings. The third-order valence-corrected chi connectivity index (χ3v) is 6.08. The smallest absolute Gasteiger partial charge is 0.313 e. The van der Waals surface area contributed by atoms with Crippen molar-refractivity contribution in [1.29, 1.82) is 0 Å². The first-order valence-electron chi connectivity index (χ1n) is 7.36. The van der Waals surface area contributed by atoms with Gasteiger partial charge in [-0.2, -0.15) is 15.0 Å². The molecule has 0 aliphatic heterocycles. The third kappa shape index (κ3) is 5.34. The van der Waals surface area contributed by atoms with Gasteiger partial charge in [0, 0.05) is 24.0 Å². The molecule has 0 bridgehead atoms. The summed E-state index contributed by atoms with van der Waals surface area (Å²) in [6.07, 6.45) is 0. The number of hydrogen-bond donors (Lipinski definition) is 3. The molecule has 27 heavy (non-hydrogen) atoms. The molecule has 13 heteroatoms. The summed E-state index contributed by atoms with van der Waals surface area (Å²) < 4.78 is 28.0. The van der Waals surface area contributed by atoms with E-state index >= 15 is 0 Å². The summed E-state index contributed by atoms with van der Waals surface area (Å²) in [5, 5.41) is 9.20. The normalized spacial score (nSPS) is 11.3. The van der Waals surface area contributed by atoms with E-state index in [-0.39, 0.29) is 33.4 Å². The van der Waals surface area contributed by atoms with Crippen LogP contribution in [0, 0.1) is 6.92 Å². The number of nitrogens with zero attached hydrogens (tertiary/aromatic N) is 4. The highest BCUT2D eigenvalue weighted by Gasteiger charge is 2.23. The molecular formula is C14H17ClN6O4S2. The van der Waals surface area contributed by atoms with E-state index in [1.165, 1.54) is 17.0 Å². The molecule has 2 aromatic rings. The van der Waals surface area contributed by atoms with Gasteiger partial charge in [-0.15, -0.1) is 11.8 Å². The van der Waals surface area contributed by atoms with Gasteiger partial charge in [0.25, 0.3) is 10.0 Å². The second kappa shape index (κ2) is 8.15. The van der Waals surface area contributed by atoms with Gasteiger partial charge in [0.1, 0.15) is 4.90 Å². The number of nitrogens with two attached hydrogens (primary N) is 1. The van der Waals surface area contributed by atoms with Crippen LogP contribution in [0.4, 0.5) is 17.8 Å². The van der Waals surface area contributed by atoms with Gasteiger partial charge in [-0.05, 0) is 24.6 Å². The van der Waals surface area contributed by atoms with Crippen molar-refractivity contribution in [2.24, 2.45) is 0 Å². The van der Waals surface area contributed by atoms with Crippen molar-refractivity contribution in [3.63, 3.8) is 0 Å². The maximum atomic E-state index is 12.9. The number of nitrogens with one attached hydrogen (secondary N) is 1. The molecule has 0 spiro atoms. The lowest BCUT2D eigenvalue weighted by atomic mass is 10.2. The number of hydrogen-bond acceptors (Lipinski definition) is 9. The molecule has 4 N–H and O–H groups in total. The number of anilines is 3. The summed E-state index contributed by atoms with van der Waals surface area (Å²) in [5.41, 5.74) is 6.11. The minimum Gasteiger partial charge on any atom is -0.481 e. The zero-order chi connectivity index (χ0) is 20.4. The number of carbonyl (C=O) groups is 1. The van der Waals surface area contributed by atoms with Crippen molar-refractivity contribution in [3.05, 3.63) is 22.7 Å². The van der Waals surface area contributed by atoms with E-state index in [0.29, 0.717) is 10.6 Å². The summed E-state index contributed by atoms with van der Waals surface area (Å²) in [6.45, 7) is 1.64. The van der Waals surface area contributed by atoms with Crippen LogP contribution in [0.5, 0.6) is 0 Å². The largest absolute Gasteiger partial charge is 0.481 e. The van der Waals surface area contributed by atoms with E-state index in [2.05, 4.69) is 19.7 Å². The number of halogens is 1. The summed E-state index contributed by atoms with van der Waals surface area (Å²) in [6, 6.07) is 2.76. The van der Waals surface area contributed by atoms with Crippen molar-refractivity contribution >= 4 is 57.2 Å². The molecular weight excluding hydrogens is 416 g/mol. The van der Waals surface area contributed by atoms with Gasteiger partial charge in [0.05, 0.1) is 5.75 Å². The maximum Gasteiger partial charge on any atom is 0.313 e. The fourth-order valence-corrected chi connectivity index (χ4v) is 4.41. The van der Waals surface area contributed by atoms with Gasteiger partial charge in [-0.25, -0.2) is 13.1 Å². The predicted molar refractivity (Wildman–Crippen MR) is 104 cm³/mol. The predicted octanol–water partition coefficient (Wildman–Crippen LogP) is 1.46. The zero-order valence-corrected chi connectivity index (χ0v) is 17.0. The lowest BCUT2D eigenvalue weighted by Crippen LogP contribution is -2.20. The monoisotopic (exact) mass is 432 g/mol. The molecule has 2 rings (SSSR count). The number of sulfonamides is 1. The lowest BCUT2D eigenvalue weighted by molar-refractivity contribution is -0.133. The van der Waals surface area contributed by atoms with Gasteiger partial charge in [-0.1, -0.05) is 11.6 Å². The molecule has 1 aromatic heterocycles. The fourth-order valence-electron chi connectivity index (χ4n) is 1.90. The average molecular weight is 433 g/mol. The first-order valence-corrected chi connectivity index (χ1v) is 10.2. The average Bonchev–Trinajstić information content (AvgIpc) is 2.54. The topological polar surface area (TPSA) is 151 Å². The Kier molecular flexibility index (Phi) is 6.34. The number of aryl methyl sites for hydroxylation is 1. The summed E-state index contributed by atoms with van der Waals surface area (Å²) in [7, 11) is -0.814. The lowest BCUT2D eigenvalue weighted by Gasteiger charge is -2.14. The zero-order valence-electron chi connectivity index (χ0n) is 14.6. The number of benzene rings is 1. The third-order valence-electron chi connectivity index (χ3n) is 3.13. The summed E-state index contributed by atoms with van der Waals surface area (Å²) >= 11 is 6.89. The van der Waals surface area contributed by atoms with E-state index in [4.69, 9.17) is 22.4 Å². The minimum absolute atomic E-state index is 0.138. The Labute approximate surface area is 165 Å². The maximum absolute atomic E-state index is 12.9. The standard InChI is InChI=1S/C14H17ClN6O4S2/c1-7-4-10(9(5-8(7)15)26-6-11(22)23)27(24,25)20-13-17-12(16)18-14(19-13)21(2)3/h4-5H,6H2,1-3H3,(H,22,23)(H3,16,17,18,19,20). The molecule has 10 nitrogen and oxygen atoms in total. The summed E-state index contributed by atoms with van der Waals surface area (Å²) in [5.74, 6) is -1.65. The van der Waals surface area contributed by atoms with Gasteiger partial charge in [0.2, 0.25) is 17.8 Å². The second-order valence-corrected chi connectivity index (χ2v) is 8.62. The van der Waals surface area contributed by atoms with Crippen molar-refractivity contribution < 1.29 is 18.3 Å². The van der Waals surface area contributed by atoms with Crippen LogP contribution in [0.3, 0.4) is 0 Å². The molecule has 0 atom stereocenters. The highest BCUT2D eigenvalue weighted by molar-refractivity contribution is 8.01. The van der Waals surface area contributed by atoms with Crippen LogP contribution in [-0.4, -0.2) is 54.3 Å². The van der Waals surface area contributed by atoms with Gasteiger partial charge < -0.3 is 15.7 Å². The highest BCUT2D eigenvalue weighted by Crippen LogP contribution is 2.32. The first kappa shape index (κ1) is 21.0. The van der Waals surface area contributed by atoms with Crippen molar-refractivity contribution in [3.8, 4) is 0 Å². The van der Waals surface area contributed by atoms with Crippen LogP contribution in [-0.2, 0) is 14.8 Å². The Morgan fingerprint density at radius 2 is 2.00 bits per heavy atom. The molecule has 1 aromatic carbocycles. The number of rotatable bonds is 7. The molecule has 146 valence electrons. The van der Waals surface area contributed by atoms with Crippen LogP contribution in [0.2, 0.25) is 5.02 Å². The number of aromatic nitrogens is 3. The Morgan fingerprint density at radius 1 is 1.33 bits per heavy atom. The van der Waals surface area contributed by atoms with Crippen LogP contribution >= 0.6 is 23.4 Å². The second-order valence-electron chi connectivity index (χ2n) is 5.55. The van der Waals surface area contributed by atoms with E-state index in [1.54, 1.807) is 21.0 Å². The molecule has 0 saturated carbocycles. The van der Waals surface area contributed by atoms with Crippen LogP contribution in [0.1, 0.15) is 5.56 Å². The minimum atomic E-state index is -4.14. The Bertz CT molecular complexity index is 984. The number of carboxylic acid groups (broad SMARTS) is 1. The van der Waals surface area contributed by atoms with Crippen LogP contribution in [0.25, 0.3) is 0 Å².